The summed E-state index contributed by atoms with van der Waals surface area (Å²) in [6.45, 7) is 4.88. The molecule has 1 fully saturated rings. The van der Waals surface area contributed by atoms with Crippen LogP contribution < -0.4 is 20.9 Å². The molecule has 0 radical (unpaired) electrons. The van der Waals surface area contributed by atoms with Gasteiger partial charge in [0.15, 0.2) is 23.6 Å². The van der Waals surface area contributed by atoms with Crippen molar-refractivity contribution in [1.82, 2.24) is 25.1 Å². The number of carbonyl (C=O) groups excluding carboxylic acids is 2. The van der Waals surface area contributed by atoms with Gasteiger partial charge < -0.3 is 36.0 Å². The van der Waals surface area contributed by atoms with Crippen molar-refractivity contribution in [3.05, 3.63) is 52.4 Å². The molecule has 238 valence electrons. The van der Waals surface area contributed by atoms with E-state index in [-0.39, 0.29) is 28.8 Å². The molecule has 17 heteroatoms. The van der Waals surface area contributed by atoms with Crippen LogP contribution in [-0.4, -0.2) is 91.0 Å². The Morgan fingerprint density at radius 1 is 1.31 bits per heavy atom. The SMILES string of the molecule is CNCCCn1ccc2c1ccc[n+]2CC1=C(C(=O)O)N2C(=O)[C@@H](NC(=O)/C(=N\O[C@@H](C)C(=O)O)c3nc(N)sc3C)[C@H]2SC1. The van der Waals surface area contributed by atoms with Gasteiger partial charge in [-0.15, -0.1) is 23.1 Å². The van der Waals surface area contributed by atoms with Gasteiger partial charge in [-0.05, 0) is 39.9 Å². The van der Waals surface area contributed by atoms with Gasteiger partial charge in [0, 0.05) is 41.1 Å². The Hall–Kier alpha value is -4.48. The number of thioether (sulfide) groups is 1. The van der Waals surface area contributed by atoms with E-state index >= 15 is 0 Å². The van der Waals surface area contributed by atoms with Crippen LogP contribution in [0.15, 0.2) is 47.0 Å². The average molecular weight is 658 g/mol. The number of amides is 2. The number of nitrogens with two attached hydrogens (primary N) is 1. The summed E-state index contributed by atoms with van der Waals surface area (Å²) < 4.78 is 4.12. The molecule has 0 unspecified atom stereocenters. The highest BCUT2D eigenvalue weighted by Gasteiger charge is 2.55. The van der Waals surface area contributed by atoms with Gasteiger partial charge in [0.2, 0.25) is 11.6 Å². The van der Waals surface area contributed by atoms with Crippen LogP contribution in [-0.2, 0) is 37.1 Å². The molecular formula is C28H33N8O7S2+. The number of carboxylic acids is 2. The van der Waals surface area contributed by atoms with Gasteiger partial charge in [0.05, 0.1) is 0 Å². The number of nitrogen functional groups attached to an aromatic ring is 1. The monoisotopic (exact) mass is 657 g/mol. The molecule has 2 aliphatic rings. The number of rotatable bonds is 13. The Kier molecular flexibility index (Phi) is 9.40. The summed E-state index contributed by atoms with van der Waals surface area (Å²) in [6, 6.07) is 4.86. The minimum atomic E-state index is -1.36. The second-order valence-electron chi connectivity index (χ2n) is 10.5. The molecule has 3 aromatic heterocycles. The molecule has 0 saturated carbocycles. The van der Waals surface area contributed by atoms with Gasteiger partial charge in [0.1, 0.15) is 28.3 Å². The number of β-lactam (4-membered cyclic amide) rings is 1. The number of nitrogens with zero attached hydrogens (tertiary/aromatic N) is 5. The molecule has 3 aromatic rings. The zero-order valence-corrected chi connectivity index (χ0v) is 26.4. The number of aliphatic carboxylic acids is 2. The molecular weight excluding hydrogens is 624 g/mol. The number of aromatic nitrogens is 3. The van der Waals surface area contributed by atoms with Crippen molar-refractivity contribution in [2.24, 2.45) is 5.16 Å². The lowest BCUT2D eigenvalue weighted by Crippen LogP contribution is -2.71. The Morgan fingerprint density at radius 3 is 2.76 bits per heavy atom. The topological polar surface area (TPSA) is 205 Å². The number of thiazole rings is 1. The van der Waals surface area contributed by atoms with Gasteiger partial charge in [-0.25, -0.2) is 14.6 Å². The Morgan fingerprint density at radius 2 is 2.09 bits per heavy atom. The van der Waals surface area contributed by atoms with E-state index in [2.05, 4.69) is 25.3 Å². The Balaban J connectivity index is 1.36. The van der Waals surface area contributed by atoms with Gasteiger partial charge in [-0.2, -0.15) is 4.57 Å². The van der Waals surface area contributed by atoms with Crippen LogP contribution >= 0.6 is 23.1 Å². The third-order valence-electron chi connectivity index (χ3n) is 7.44. The molecule has 2 aliphatic heterocycles. The van der Waals surface area contributed by atoms with Crippen LogP contribution in [0.25, 0.3) is 11.0 Å². The van der Waals surface area contributed by atoms with E-state index in [0.29, 0.717) is 16.2 Å². The fourth-order valence-corrected chi connectivity index (χ4v) is 7.23. The van der Waals surface area contributed by atoms with Crippen LogP contribution in [0.2, 0.25) is 0 Å². The third-order valence-corrected chi connectivity index (χ3v) is 9.58. The van der Waals surface area contributed by atoms with Crippen molar-refractivity contribution < 1.29 is 38.8 Å². The number of nitrogens with one attached hydrogen (secondary N) is 2. The van der Waals surface area contributed by atoms with E-state index in [1.54, 1.807) is 6.92 Å². The molecule has 2 amide bonds. The summed E-state index contributed by atoms with van der Waals surface area (Å²) in [4.78, 5) is 61.3. The summed E-state index contributed by atoms with van der Waals surface area (Å²) in [5.74, 6) is -3.65. The molecule has 1 saturated heterocycles. The van der Waals surface area contributed by atoms with Crippen molar-refractivity contribution in [1.29, 1.82) is 0 Å². The number of anilines is 1. The number of aryl methyl sites for hydroxylation is 2. The number of pyridine rings is 1. The van der Waals surface area contributed by atoms with Crippen molar-refractivity contribution in [3.63, 3.8) is 0 Å². The van der Waals surface area contributed by atoms with Crippen LogP contribution in [0.3, 0.4) is 0 Å². The number of oxime groups is 1. The standard InChI is InChI=1S/C28H32N8O7S2/c1-14(26(39)40)43-33-20(19-15(2)45-28(29)32-19)23(37)31-21-24(38)36-22(27(41)42)16(13-44-25(21)36)12-35-9-4-6-17-18(35)7-11-34(17)10-5-8-30-3/h4,6-7,9,11,14,21,25,30H,5,8,10,12-13H2,1-3H3,(H4-,29,31,32,37,39,40,41,42)/p+1/b33-20-/t14-,21+,25+/m0/s1. The molecule has 5 heterocycles. The predicted molar refractivity (Wildman–Crippen MR) is 166 cm³/mol. The van der Waals surface area contributed by atoms with Crippen LogP contribution in [0, 0.1) is 6.92 Å². The van der Waals surface area contributed by atoms with E-state index in [0.717, 1.165) is 41.9 Å². The third kappa shape index (κ3) is 6.36. The number of carbonyl (C=O) groups is 4. The Bertz CT molecular complexity index is 1730. The maximum Gasteiger partial charge on any atom is 0.352 e. The van der Waals surface area contributed by atoms with Gasteiger partial charge >= 0.3 is 11.9 Å². The minimum Gasteiger partial charge on any atom is -0.478 e. The van der Waals surface area contributed by atoms with E-state index in [1.165, 1.54) is 23.6 Å². The Labute approximate surface area is 265 Å². The van der Waals surface area contributed by atoms with Crippen LogP contribution in [0.5, 0.6) is 0 Å². The van der Waals surface area contributed by atoms with Crippen molar-refractivity contribution in [2.45, 2.75) is 50.9 Å². The normalized spacial score (nSPS) is 18.9. The zero-order chi connectivity index (χ0) is 32.4. The predicted octanol–water partition coefficient (Wildman–Crippen LogP) is 0.518. The molecule has 45 heavy (non-hydrogen) atoms. The summed E-state index contributed by atoms with van der Waals surface area (Å²) in [5.41, 5.74) is 7.95. The summed E-state index contributed by atoms with van der Waals surface area (Å²) >= 11 is 2.44. The number of hydrogen-bond donors (Lipinski definition) is 5. The minimum absolute atomic E-state index is 0.0861. The maximum absolute atomic E-state index is 13.4. The fourth-order valence-electron chi connectivity index (χ4n) is 5.20. The van der Waals surface area contributed by atoms with E-state index in [9.17, 15) is 24.3 Å². The number of carboxylic acid groups (broad SMARTS) is 2. The first kappa shape index (κ1) is 31.9. The lowest BCUT2D eigenvalue weighted by molar-refractivity contribution is -0.663. The largest absolute Gasteiger partial charge is 0.478 e. The highest BCUT2D eigenvalue weighted by molar-refractivity contribution is 8.00. The highest BCUT2D eigenvalue weighted by atomic mass is 32.2. The van der Waals surface area contributed by atoms with E-state index in [1.807, 2.05) is 42.2 Å². The van der Waals surface area contributed by atoms with Gasteiger partial charge in [-0.1, -0.05) is 5.16 Å². The molecule has 5 rings (SSSR count). The molecule has 0 aromatic carbocycles. The molecule has 0 bridgehead atoms. The lowest BCUT2D eigenvalue weighted by Gasteiger charge is -2.49. The zero-order valence-electron chi connectivity index (χ0n) is 24.7. The number of hydrogen-bond acceptors (Lipinski definition) is 11. The van der Waals surface area contributed by atoms with Crippen molar-refractivity contribution >= 4 is 68.7 Å². The average Bonchev–Trinajstić information content (AvgIpc) is 3.57. The quantitative estimate of drug-likeness (QED) is 0.0563. The lowest BCUT2D eigenvalue weighted by atomic mass is 10.0. The molecule has 3 atom stereocenters. The summed E-state index contributed by atoms with van der Waals surface area (Å²) in [6.07, 6.45) is 3.48. The molecule has 0 aliphatic carbocycles. The van der Waals surface area contributed by atoms with Crippen molar-refractivity contribution in [2.75, 3.05) is 25.1 Å². The maximum atomic E-state index is 13.4. The van der Waals surface area contributed by atoms with Crippen LogP contribution in [0.1, 0.15) is 23.9 Å². The summed E-state index contributed by atoms with van der Waals surface area (Å²) in [5, 5.41) is 28.3. The first-order valence-electron chi connectivity index (χ1n) is 14.0. The smallest absolute Gasteiger partial charge is 0.352 e. The van der Waals surface area contributed by atoms with Gasteiger partial charge in [0.25, 0.3) is 11.8 Å². The number of fused-ring (bicyclic) bond motifs is 2. The second kappa shape index (κ2) is 13.3. The first-order valence-corrected chi connectivity index (χ1v) is 15.9. The van der Waals surface area contributed by atoms with E-state index < -0.39 is 41.3 Å². The van der Waals surface area contributed by atoms with Crippen molar-refractivity contribution in [3.8, 4) is 0 Å². The highest BCUT2D eigenvalue weighted by Crippen LogP contribution is 2.40. The van der Waals surface area contributed by atoms with Gasteiger partial charge in [-0.3, -0.25) is 14.5 Å². The molecule has 6 N–H and O–H groups in total. The second-order valence-corrected chi connectivity index (χ2v) is 12.8. The van der Waals surface area contributed by atoms with E-state index in [4.69, 9.17) is 15.7 Å². The molecule has 15 nitrogen and oxygen atoms in total. The fraction of sp³-hybridized carbons (Fsp3) is 0.393. The molecule has 0 spiro atoms. The van der Waals surface area contributed by atoms with Crippen LogP contribution in [0.4, 0.5) is 5.13 Å². The summed E-state index contributed by atoms with van der Waals surface area (Å²) in [7, 11) is 1.91. The first-order chi connectivity index (χ1) is 21.5.